The number of H-pyrrole nitrogens is 1. The van der Waals surface area contributed by atoms with Crippen LogP contribution in [0.2, 0.25) is 0 Å². The Morgan fingerprint density at radius 2 is 1.78 bits per heavy atom. The molecule has 4 heterocycles. The Bertz CT molecular complexity index is 1190. The number of ether oxygens (including phenoxy) is 2. The summed E-state index contributed by atoms with van der Waals surface area (Å²) in [4.78, 5) is 32.8. The first-order chi connectivity index (χ1) is 19.5. The summed E-state index contributed by atoms with van der Waals surface area (Å²) < 4.78 is 23.1. The Morgan fingerprint density at radius 3 is 2.24 bits per heavy atom. The van der Waals surface area contributed by atoms with Gasteiger partial charge in [-0.1, -0.05) is 13.8 Å². The number of piperazine rings is 1. The Kier molecular flexibility index (Phi) is 11.6. The number of benzene rings is 1. The average molecular weight is 572 g/mol. The maximum absolute atomic E-state index is 12.9. The highest BCUT2D eigenvalue weighted by atomic mass is 19.1. The minimum Gasteiger partial charge on any atom is -0.382 e. The molecule has 3 aliphatic heterocycles. The average Bonchev–Trinajstić information content (AvgIpc) is 3.42. The van der Waals surface area contributed by atoms with Crippen molar-refractivity contribution in [1.82, 2.24) is 19.8 Å². The van der Waals surface area contributed by atoms with Crippen LogP contribution in [-0.4, -0.2) is 114 Å². The number of aldehydes is 2. The lowest BCUT2D eigenvalue weighted by Gasteiger charge is -2.53. The largest absolute Gasteiger partial charge is 0.382 e. The molecule has 224 valence electrons. The van der Waals surface area contributed by atoms with E-state index < -0.39 is 5.60 Å². The first kappa shape index (κ1) is 32.4. The maximum Gasteiger partial charge on any atom is 0.167 e. The van der Waals surface area contributed by atoms with Crippen molar-refractivity contribution in [2.24, 2.45) is 5.92 Å². The van der Waals surface area contributed by atoms with Gasteiger partial charge in [0.05, 0.1) is 36.4 Å². The topological polar surface area (TPSA) is 132 Å². The number of aliphatic hydroxyl groups is 1. The van der Waals surface area contributed by atoms with E-state index in [1.807, 2.05) is 13.8 Å². The summed E-state index contributed by atoms with van der Waals surface area (Å²) in [6.07, 6.45) is 5.33. The van der Waals surface area contributed by atoms with Gasteiger partial charge >= 0.3 is 0 Å². The molecule has 3 N–H and O–H groups in total. The number of nitrogens with one attached hydrogen (secondary N) is 2. The second kappa shape index (κ2) is 14.7. The molecule has 0 bridgehead atoms. The van der Waals surface area contributed by atoms with E-state index in [4.69, 9.17) is 14.9 Å². The van der Waals surface area contributed by atoms with Crippen LogP contribution in [0, 0.1) is 17.1 Å². The van der Waals surface area contributed by atoms with Crippen LogP contribution in [0.4, 0.5) is 4.39 Å². The molecular formula is C30H42FN5O5. The highest BCUT2D eigenvalue weighted by molar-refractivity contribution is 6.10. The molecule has 41 heavy (non-hydrogen) atoms. The number of hydrogen-bond donors (Lipinski definition) is 3. The van der Waals surface area contributed by atoms with E-state index in [0.717, 1.165) is 18.8 Å². The van der Waals surface area contributed by atoms with Gasteiger partial charge in [-0.05, 0) is 61.5 Å². The monoisotopic (exact) mass is 571 g/mol. The van der Waals surface area contributed by atoms with Crippen LogP contribution in [0.3, 0.4) is 0 Å². The highest BCUT2D eigenvalue weighted by Crippen LogP contribution is 2.27. The van der Waals surface area contributed by atoms with Gasteiger partial charge in [-0.3, -0.25) is 9.69 Å². The number of likely N-dealkylation sites (N-methyl/N-ethyl adjacent to an activating group) is 2. The fraction of sp³-hybridized carbons (Fsp3) is 0.533. The van der Waals surface area contributed by atoms with Crippen LogP contribution in [0.1, 0.15) is 48.6 Å². The molecule has 3 aliphatic rings. The van der Waals surface area contributed by atoms with Crippen molar-refractivity contribution in [3.05, 3.63) is 59.4 Å². The van der Waals surface area contributed by atoms with Gasteiger partial charge in [0, 0.05) is 45.7 Å². The van der Waals surface area contributed by atoms with E-state index in [1.165, 1.54) is 38.0 Å². The summed E-state index contributed by atoms with van der Waals surface area (Å²) in [6, 6.07) is 5.77. The van der Waals surface area contributed by atoms with E-state index in [0.29, 0.717) is 61.2 Å². The molecule has 0 radical (unpaired) electrons. The first-order valence-electron chi connectivity index (χ1n) is 13.8. The number of imidazole rings is 1. The predicted octanol–water partition coefficient (Wildman–Crippen LogP) is 2.83. The van der Waals surface area contributed by atoms with Gasteiger partial charge in [0.2, 0.25) is 0 Å². The summed E-state index contributed by atoms with van der Waals surface area (Å²) >= 11 is 0. The van der Waals surface area contributed by atoms with Gasteiger partial charge in [0.1, 0.15) is 17.2 Å². The quantitative estimate of drug-likeness (QED) is 0.356. The van der Waals surface area contributed by atoms with E-state index in [1.54, 1.807) is 18.2 Å². The molecule has 0 unspecified atom stereocenters. The smallest absolute Gasteiger partial charge is 0.167 e. The number of nitrogens with zero attached hydrogens (tertiary/aromatic N) is 3. The molecule has 0 amide bonds. The van der Waals surface area contributed by atoms with Crippen LogP contribution in [0.5, 0.6) is 0 Å². The fourth-order valence-electron chi connectivity index (χ4n) is 4.67. The number of carbonyl (C=O) groups excluding carboxylic acids is 2. The Morgan fingerprint density at radius 1 is 1.12 bits per heavy atom. The molecule has 5 rings (SSSR count). The Labute approximate surface area is 241 Å². The van der Waals surface area contributed by atoms with Crippen molar-refractivity contribution >= 4 is 23.9 Å². The summed E-state index contributed by atoms with van der Waals surface area (Å²) in [5.41, 5.74) is 1.38. The minimum atomic E-state index is -1.09. The minimum absolute atomic E-state index is 0.122. The zero-order valence-electron chi connectivity index (χ0n) is 24.4. The molecule has 0 atom stereocenters. The standard InChI is InChI=1S/C16H16FN3O.C8H16N2O.C6H10O3/c1-10(2)14(16-19-8-13(9-21)20-16)7-15(18)11-3-5-12(17)6-4-11;1-9-3-4-10(2)8(5-9)6-11-7-8;7-5-6(8)1-3-9-4-2-6/h3-10,18H,1-2H3,(H,19,20);3-7H2,1-2H3;5,8H,1-4H2/b14-7-,18-15?;;. The van der Waals surface area contributed by atoms with Gasteiger partial charge in [-0.2, -0.15) is 0 Å². The van der Waals surface area contributed by atoms with E-state index >= 15 is 0 Å². The molecule has 3 fully saturated rings. The van der Waals surface area contributed by atoms with E-state index in [9.17, 15) is 19.1 Å². The molecule has 2 aromatic rings. The zero-order valence-corrected chi connectivity index (χ0v) is 24.4. The molecular weight excluding hydrogens is 529 g/mol. The fourth-order valence-corrected chi connectivity index (χ4v) is 4.67. The van der Waals surface area contributed by atoms with E-state index in [2.05, 4.69) is 33.9 Å². The van der Waals surface area contributed by atoms with Crippen LogP contribution >= 0.6 is 0 Å². The van der Waals surface area contributed by atoms with Crippen molar-refractivity contribution in [1.29, 1.82) is 5.41 Å². The molecule has 3 saturated heterocycles. The summed E-state index contributed by atoms with van der Waals surface area (Å²) in [6.45, 7) is 10.3. The number of hydrogen-bond acceptors (Lipinski definition) is 9. The summed E-state index contributed by atoms with van der Waals surface area (Å²) in [5, 5.41) is 17.3. The van der Waals surface area contributed by atoms with Crippen LogP contribution in [-0.2, 0) is 14.3 Å². The Balaban J connectivity index is 0.000000191. The van der Waals surface area contributed by atoms with Gasteiger partial charge < -0.3 is 34.7 Å². The lowest BCUT2D eigenvalue weighted by molar-refractivity contribution is -0.158. The number of rotatable bonds is 6. The number of aromatic nitrogens is 2. The molecule has 1 aromatic heterocycles. The van der Waals surface area contributed by atoms with Gasteiger partial charge in [-0.25, -0.2) is 9.37 Å². The summed E-state index contributed by atoms with van der Waals surface area (Å²) in [5.74, 6) is 0.358. The van der Waals surface area contributed by atoms with Crippen molar-refractivity contribution < 1.29 is 28.6 Å². The van der Waals surface area contributed by atoms with Crippen molar-refractivity contribution in [3.8, 4) is 0 Å². The SMILES string of the molecule is CC(C)/C(=C/C(=N)c1ccc(F)cc1)c1ncc(C=O)[nH]1.CN1CCN(C)C2(COC2)C1.O=CC1(O)CCOCC1. The van der Waals surface area contributed by atoms with Crippen molar-refractivity contribution in [2.45, 2.75) is 37.8 Å². The van der Waals surface area contributed by atoms with Gasteiger partial charge in [-0.15, -0.1) is 0 Å². The molecule has 11 heteroatoms. The third kappa shape index (κ3) is 8.95. The van der Waals surface area contributed by atoms with E-state index in [-0.39, 0.29) is 17.4 Å². The number of allylic oxidation sites excluding steroid dienone is 2. The predicted molar refractivity (Wildman–Crippen MR) is 155 cm³/mol. The Hall–Kier alpha value is -3.09. The molecule has 10 nitrogen and oxygen atoms in total. The zero-order chi connectivity index (χ0) is 30.0. The van der Waals surface area contributed by atoms with Crippen molar-refractivity contribution in [3.63, 3.8) is 0 Å². The third-order valence-electron chi connectivity index (χ3n) is 7.58. The number of aromatic amines is 1. The molecule has 1 aromatic carbocycles. The number of carbonyl (C=O) groups is 2. The van der Waals surface area contributed by atoms with Gasteiger partial charge in [0.25, 0.3) is 0 Å². The second-order valence-corrected chi connectivity index (χ2v) is 11.2. The normalized spacial score (nSPS) is 20.2. The summed E-state index contributed by atoms with van der Waals surface area (Å²) in [7, 11) is 4.39. The lowest BCUT2D eigenvalue weighted by atomic mass is 9.93. The third-order valence-corrected chi connectivity index (χ3v) is 7.58. The maximum atomic E-state index is 12.9. The highest BCUT2D eigenvalue weighted by Gasteiger charge is 2.45. The molecule has 0 saturated carbocycles. The van der Waals surface area contributed by atoms with Crippen LogP contribution < -0.4 is 0 Å². The van der Waals surface area contributed by atoms with Crippen molar-refractivity contribution in [2.75, 3.05) is 60.2 Å². The van der Waals surface area contributed by atoms with Gasteiger partial charge in [0.15, 0.2) is 12.6 Å². The van der Waals surface area contributed by atoms with Crippen LogP contribution in [0.15, 0.2) is 36.5 Å². The molecule has 0 aliphatic carbocycles. The lowest BCUT2D eigenvalue weighted by Crippen LogP contribution is -2.69. The first-order valence-corrected chi connectivity index (χ1v) is 13.8. The second-order valence-electron chi connectivity index (χ2n) is 11.2. The van der Waals surface area contributed by atoms with Crippen LogP contribution in [0.25, 0.3) is 5.57 Å². The molecule has 1 spiro atoms. The number of halogens is 1.